The van der Waals surface area contributed by atoms with Crippen molar-refractivity contribution in [3.05, 3.63) is 52.6 Å². The number of hydrogen-bond acceptors (Lipinski definition) is 4. The average Bonchev–Trinajstić information content (AvgIpc) is 3.44. The third-order valence-corrected chi connectivity index (χ3v) is 13.7. The zero-order chi connectivity index (χ0) is 27.4. The van der Waals surface area contributed by atoms with Crippen molar-refractivity contribution in [1.29, 1.82) is 0 Å². The predicted octanol–water partition coefficient (Wildman–Crippen LogP) is 7.62. The van der Waals surface area contributed by atoms with Crippen LogP contribution in [0.1, 0.15) is 112 Å². The number of benzene rings is 2. The van der Waals surface area contributed by atoms with Gasteiger partial charge in [0.2, 0.25) is 0 Å². The van der Waals surface area contributed by atoms with E-state index in [4.69, 9.17) is 4.74 Å². The Bertz CT molecular complexity index is 1330. The lowest BCUT2D eigenvalue weighted by Gasteiger charge is -2.50. The van der Waals surface area contributed by atoms with Crippen LogP contribution in [0.4, 0.5) is 0 Å². The molecule has 6 aliphatic carbocycles. The van der Waals surface area contributed by atoms with E-state index >= 15 is 0 Å². The molecule has 6 aliphatic rings. The fraction of sp³-hybridized carbons (Fsp3) is 0.667. The summed E-state index contributed by atoms with van der Waals surface area (Å²) in [6.07, 6.45) is 12.8. The maximum absolute atomic E-state index is 11.0. The van der Waals surface area contributed by atoms with Gasteiger partial charge in [-0.25, -0.2) is 0 Å². The fourth-order valence-corrected chi connectivity index (χ4v) is 11.4. The van der Waals surface area contributed by atoms with Gasteiger partial charge in [-0.05, 0) is 158 Å². The summed E-state index contributed by atoms with van der Waals surface area (Å²) in [5.41, 5.74) is 5.67. The van der Waals surface area contributed by atoms with Crippen molar-refractivity contribution in [3.63, 3.8) is 0 Å². The standard InChI is InChI=1S/C36H46O4/c1-35-17-15-24-22-6-4-21(19-20(22)3-5-26(24)29(35)10-13-32(35)38)40-34-28-8-7-27-25(23(28)9-12-31(34)37)16-18-36(2)30(27)11-14-33(36)39/h4,6,9,12,19,24-27,29-30,32-33,37-39H,3,5,7-8,10-11,13-18H2,1-2H3/t24-,25-,26-,27-,29+,30+,32+,33+,35+,36+/m1/s1. The number of aromatic hydroxyl groups is 1. The highest BCUT2D eigenvalue weighted by Gasteiger charge is 2.56. The molecule has 0 heterocycles. The molecule has 0 spiro atoms. The Morgan fingerprint density at radius 3 is 1.98 bits per heavy atom. The van der Waals surface area contributed by atoms with Crippen molar-refractivity contribution in [2.24, 2.45) is 34.5 Å². The zero-order valence-electron chi connectivity index (χ0n) is 24.2. The molecule has 4 nitrogen and oxygen atoms in total. The second-order valence-corrected chi connectivity index (χ2v) is 15.1. The third kappa shape index (κ3) is 3.51. The number of phenolic OH excluding ortho intramolecular Hbond substituents is 1. The van der Waals surface area contributed by atoms with Crippen LogP contribution in [0.15, 0.2) is 30.3 Å². The van der Waals surface area contributed by atoms with Crippen molar-refractivity contribution in [1.82, 2.24) is 0 Å². The summed E-state index contributed by atoms with van der Waals surface area (Å²) in [5, 5.41) is 32.5. The highest BCUT2D eigenvalue weighted by Crippen LogP contribution is 2.63. The predicted molar refractivity (Wildman–Crippen MR) is 156 cm³/mol. The molecule has 40 heavy (non-hydrogen) atoms. The summed E-state index contributed by atoms with van der Waals surface area (Å²) < 4.78 is 6.59. The minimum absolute atomic E-state index is 0.0750. The molecule has 4 fully saturated rings. The zero-order valence-corrected chi connectivity index (χ0v) is 24.2. The summed E-state index contributed by atoms with van der Waals surface area (Å²) in [6.45, 7) is 4.67. The Morgan fingerprint density at radius 2 is 1.30 bits per heavy atom. The minimum Gasteiger partial charge on any atom is -0.504 e. The van der Waals surface area contributed by atoms with Gasteiger partial charge in [-0.2, -0.15) is 0 Å². The van der Waals surface area contributed by atoms with Crippen LogP contribution in [0.3, 0.4) is 0 Å². The molecule has 10 atom stereocenters. The molecule has 2 aromatic carbocycles. The number of ether oxygens (including phenoxy) is 1. The molecule has 8 rings (SSSR count). The number of phenols is 1. The maximum Gasteiger partial charge on any atom is 0.172 e. The first-order chi connectivity index (χ1) is 19.3. The van der Waals surface area contributed by atoms with Crippen molar-refractivity contribution < 1.29 is 20.1 Å². The van der Waals surface area contributed by atoms with Gasteiger partial charge in [0, 0.05) is 5.56 Å². The molecule has 4 heteroatoms. The largest absolute Gasteiger partial charge is 0.504 e. The fourth-order valence-electron chi connectivity index (χ4n) is 11.4. The third-order valence-electron chi connectivity index (χ3n) is 13.7. The monoisotopic (exact) mass is 542 g/mol. The van der Waals surface area contributed by atoms with E-state index in [-0.39, 0.29) is 28.8 Å². The number of fused-ring (bicyclic) bond motifs is 10. The Labute approximate surface area is 239 Å². The minimum atomic E-state index is -0.152. The first kappa shape index (κ1) is 25.7. The number of hydrogen-bond donors (Lipinski definition) is 3. The lowest BCUT2D eigenvalue weighted by molar-refractivity contribution is -0.0227. The van der Waals surface area contributed by atoms with Gasteiger partial charge in [-0.3, -0.25) is 0 Å². The van der Waals surface area contributed by atoms with Gasteiger partial charge in [-0.15, -0.1) is 0 Å². The van der Waals surface area contributed by atoms with E-state index in [1.807, 2.05) is 6.07 Å². The van der Waals surface area contributed by atoms with E-state index in [0.29, 0.717) is 41.3 Å². The van der Waals surface area contributed by atoms with Gasteiger partial charge >= 0.3 is 0 Å². The summed E-state index contributed by atoms with van der Waals surface area (Å²) in [6, 6.07) is 10.7. The SMILES string of the molecule is C[C@]12CC[C@@H]3c4ccc(Oc5c(O)ccc6c5CC[C@@H]5[C@@H]6CC[C@]6(C)[C@@H](O)CC[C@@H]56)cc4CC[C@H]3[C@@H]1CC[C@@H]2O. The quantitative estimate of drug-likeness (QED) is 0.365. The summed E-state index contributed by atoms with van der Waals surface area (Å²) in [4.78, 5) is 0. The van der Waals surface area contributed by atoms with Crippen LogP contribution in [-0.2, 0) is 12.8 Å². The summed E-state index contributed by atoms with van der Waals surface area (Å²) >= 11 is 0. The molecule has 4 saturated carbocycles. The Kier molecular flexibility index (Phi) is 5.76. The number of rotatable bonds is 2. The van der Waals surface area contributed by atoms with Gasteiger partial charge in [0.05, 0.1) is 12.2 Å². The van der Waals surface area contributed by atoms with Crippen LogP contribution in [0.5, 0.6) is 17.2 Å². The van der Waals surface area contributed by atoms with E-state index in [0.717, 1.165) is 63.5 Å². The Hall–Kier alpha value is -2.04. The van der Waals surface area contributed by atoms with Crippen LogP contribution in [0, 0.1) is 34.5 Å². The number of aliphatic hydroxyl groups is 2. The molecular formula is C36H46O4. The maximum atomic E-state index is 11.0. The second-order valence-electron chi connectivity index (χ2n) is 15.1. The second kappa shape index (κ2) is 8.98. The van der Waals surface area contributed by atoms with Crippen LogP contribution < -0.4 is 4.74 Å². The lowest BCUT2D eigenvalue weighted by Crippen LogP contribution is -2.44. The molecule has 0 aromatic heterocycles. The highest BCUT2D eigenvalue weighted by atomic mass is 16.5. The van der Waals surface area contributed by atoms with Gasteiger partial charge in [0.15, 0.2) is 11.5 Å². The Balaban J connectivity index is 1.06. The topological polar surface area (TPSA) is 69.9 Å². The highest BCUT2D eigenvalue weighted by molar-refractivity contribution is 5.55. The van der Waals surface area contributed by atoms with Crippen LogP contribution >= 0.6 is 0 Å². The number of aliphatic hydroxyl groups excluding tert-OH is 2. The van der Waals surface area contributed by atoms with Crippen molar-refractivity contribution in [2.45, 2.75) is 115 Å². The normalized spacial score (nSPS) is 43.1. The molecule has 0 unspecified atom stereocenters. The molecular weight excluding hydrogens is 496 g/mol. The Morgan fingerprint density at radius 1 is 0.700 bits per heavy atom. The molecule has 0 aliphatic heterocycles. The van der Waals surface area contributed by atoms with Crippen molar-refractivity contribution in [3.8, 4) is 17.2 Å². The first-order valence-corrected chi connectivity index (χ1v) is 16.3. The molecule has 2 aromatic rings. The summed E-state index contributed by atoms with van der Waals surface area (Å²) in [7, 11) is 0. The van der Waals surface area contributed by atoms with Gasteiger partial charge in [0.1, 0.15) is 5.75 Å². The van der Waals surface area contributed by atoms with Crippen molar-refractivity contribution in [2.75, 3.05) is 0 Å². The summed E-state index contributed by atoms with van der Waals surface area (Å²) in [5.74, 6) is 5.41. The number of aryl methyl sites for hydroxylation is 1. The van der Waals surface area contributed by atoms with E-state index in [2.05, 4.69) is 38.1 Å². The van der Waals surface area contributed by atoms with E-state index in [1.165, 1.54) is 41.5 Å². The van der Waals surface area contributed by atoms with E-state index in [1.54, 1.807) is 0 Å². The molecule has 0 saturated heterocycles. The average molecular weight is 543 g/mol. The van der Waals surface area contributed by atoms with Crippen LogP contribution in [0.25, 0.3) is 0 Å². The lowest BCUT2D eigenvalue weighted by atomic mass is 9.55. The smallest absolute Gasteiger partial charge is 0.172 e. The van der Waals surface area contributed by atoms with Crippen LogP contribution in [-0.4, -0.2) is 27.5 Å². The molecule has 0 radical (unpaired) electrons. The van der Waals surface area contributed by atoms with Gasteiger partial charge in [0.25, 0.3) is 0 Å². The molecule has 0 bridgehead atoms. The van der Waals surface area contributed by atoms with Gasteiger partial charge in [-0.1, -0.05) is 26.0 Å². The van der Waals surface area contributed by atoms with E-state index in [9.17, 15) is 15.3 Å². The van der Waals surface area contributed by atoms with Crippen molar-refractivity contribution >= 4 is 0 Å². The molecule has 214 valence electrons. The van der Waals surface area contributed by atoms with Crippen LogP contribution in [0.2, 0.25) is 0 Å². The molecule has 0 amide bonds. The molecule has 3 N–H and O–H groups in total. The van der Waals surface area contributed by atoms with Gasteiger partial charge < -0.3 is 20.1 Å². The first-order valence-electron chi connectivity index (χ1n) is 16.3. The van der Waals surface area contributed by atoms with E-state index < -0.39 is 0 Å².